The van der Waals surface area contributed by atoms with E-state index in [1.807, 2.05) is 55.5 Å². The predicted molar refractivity (Wildman–Crippen MR) is 117 cm³/mol. The van der Waals surface area contributed by atoms with E-state index in [4.69, 9.17) is 0 Å². The molecule has 26 heavy (non-hydrogen) atoms. The van der Waals surface area contributed by atoms with Crippen LogP contribution < -0.4 is 5.32 Å². The maximum atomic E-state index is 12.5. The Labute approximate surface area is 169 Å². The van der Waals surface area contributed by atoms with Crippen LogP contribution in [0.5, 0.6) is 0 Å². The molecule has 1 aromatic heterocycles. The van der Waals surface area contributed by atoms with Crippen LogP contribution in [0, 0.1) is 10.5 Å². The molecule has 0 unspecified atom stereocenters. The minimum absolute atomic E-state index is 0.143. The Bertz CT molecular complexity index is 1100. The van der Waals surface area contributed by atoms with Gasteiger partial charge in [0.1, 0.15) is 0 Å². The molecule has 0 aliphatic heterocycles. The first-order valence-corrected chi connectivity index (χ1v) is 10.0. The molecule has 0 spiro atoms. The van der Waals surface area contributed by atoms with Gasteiger partial charge in [0, 0.05) is 9.13 Å². The van der Waals surface area contributed by atoms with Crippen molar-refractivity contribution in [1.82, 2.24) is 4.98 Å². The molecule has 0 atom stereocenters. The number of hydrogen-bond acceptors (Lipinski definition) is 3. The van der Waals surface area contributed by atoms with Gasteiger partial charge < -0.3 is 0 Å². The number of benzene rings is 3. The van der Waals surface area contributed by atoms with E-state index in [9.17, 15) is 4.79 Å². The Morgan fingerprint density at radius 1 is 1.04 bits per heavy atom. The standard InChI is InChI=1S/C21H15IN2OS/c1-13-6-11-18-19(12-13)26-21(23-18)24-20(25)15-9-7-14(8-10-15)16-4-2-3-5-17(16)22/h2-12H,1H3,(H,23,24,25). The fourth-order valence-electron chi connectivity index (χ4n) is 2.75. The highest BCUT2D eigenvalue weighted by atomic mass is 127. The molecule has 0 aliphatic carbocycles. The number of fused-ring (bicyclic) bond motifs is 1. The Morgan fingerprint density at radius 2 is 1.81 bits per heavy atom. The van der Waals surface area contributed by atoms with Crippen LogP contribution >= 0.6 is 33.9 Å². The second-order valence-electron chi connectivity index (χ2n) is 6.00. The van der Waals surface area contributed by atoms with Crippen molar-refractivity contribution in [3.8, 4) is 11.1 Å². The van der Waals surface area contributed by atoms with Crippen molar-refractivity contribution in [3.05, 3.63) is 81.4 Å². The van der Waals surface area contributed by atoms with Gasteiger partial charge in [-0.05, 0) is 76.5 Å². The predicted octanol–water partition coefficient (Wildman–Crippen LogP) is 6.13. The Morgan fingerprint density at radius 3 is 2.58 bits per heavy atom. The molecule has 128 valence electrons. The molecule has 5 heteroatoms. The number of nitrogens with zero attached hydrogens (tertiary/aromatic N) is 1. The van der Waals surface area contributed by atoms with Gasteiger partial charge in [0.05, 0.1) is 10.2 Å². The molecule has 1 amide bonds. The number of thiazole rings is 1. The van der Waals surface area contributed by atoms with Crippen LogP contribution in [-0.4, -0.2) is 10.9 Å². The van der Waals surface area contributed by atoms with Gasteiger partial charge in [-0.2, -0.15) is 0 Å². The minimum atomic E-state index is -0.143. The second kappa shape index (κ2) is 7.17. The summed E-state index contributed by atoms with van der Waals surface area (Å²) in [5, 5.41) is 3.53. The van der Waals surface area contributed by atoms with E-state index < -0.39 is 0 Å². The van der Waals surface area contributed by atoms with E-state index >= 15 is 0 Å². The quantitative estimate of drug-likeness (QED) is 0.366. The van der Waals surface area contributed by atoms with Crippen LogP contribution in [0.2, 0.25) is 0 Å². The zero-order valence-corrected chi connectivity index (χ0v) is 17.0. The number of hydrogen-bond donors (Lipinski definition) is 1. The van der Waals surface area contributed by atoms with Crippen LogP contribution in [-0.2, 0) is 0 Å². The van der Waals surface area contributed by atoms with Crippen molar-refractivity contribution in [2.24, 2.45) is 0 Å². The number of carbonyl (C=O) groups is 1. The highest BCUT2D eigenvalue weighted by Gasteiger charge is 2.11. The third-order valence-electron chi connectivity index (χ3n) is 4.10. The summed E-state index contributed by atoms with van der Waals surface area (Å²) in [7, 11) is 0. The Hall–Kier alpha value is -2.25. The number of anilines is 1. The summed E-state index contributed by atoms with van der Waals surface area (Å²) in [6.07, 6.45) is 0. The summed E-state index contributed by atoms with van der Waals surface area (Å²) >= 11 is 3.82. The lowest BCUT2D eigenvalue weighted by molar-refractivity contribution is 0.102. The fourth-order valence-corrected chi connectivity index (χ4v) is 4.41. The van der Waals surface area contributed by atoms with Crippen molar-refractivity contribution in [2.75, 3.05) is 5.32 Å². The summed E-state index contributed by atoms with van der Waals surface area (Å²) < 4.78 is 2.27. The molecule has 3 aromatic carbocycles. The number of amides is 1. The van der Waals surface area contributed by atoms with Gasteiger partial charge in [-0.15, -0.1) is 0 Å². The summed E-state index contributed by atoms with van der Waals surface area (Å²) in [6, 6.07) is 22.0. The zero-order chi connectivity index (χ0) is 18.1. The Kier molecular flexibility index (Phi) is 4.74. The molecule has 0 fully saturated rings. The topological polar surface area (TPSA) is 42.0 Å². The van der Waals surface area contributed by atoms with Gasteiger partial charge in [-0.25, -0.2) is 4.98 Å². The van der Waals surface area contributed by atoms with Crippen LogP contribution in [0.25, 0.3) is 21.3 Å². The average molecular weight is 470 g/mol. The monoisotopic (exact) mass is 470 g/mol. The van der Waals surface area contributed by atoms with Gasteiger partial charge in [-0.1, -0.05) is 47.7 Å². The normalized spacial score (nSPS) is 10.8. The molecule has 0 aliphatic rings. The summed E-state index contributed by atoms with van der Waals surface area (Å²) in [5.74, 6) is -0.143. The van der Waals surface area contributed by atoms with Crippen molar-refractivity contribution < 1.29 is 4.79 Å². The maximum absolute atomic E-state index is 12.5. The van der Waals surface area contributed by atoms with Crippen LogP contribution in [0.15, 0.2) is 66.7 Å². The number of aryl methyl sites for hydroxylation is 1. The molecule has 0 saturated heterocycles. The third kappa shape index (κ3) is 3.50. The number of aromatic nitrogens is 1. The summed E-state index contributed by atoms with van der Waals surface area (Å²) in [4.78, 5) is 17.0. The number of rotatable bonds is 3. The van der Waals surface area contributed by atoms with E-state index in [0.29, 0.717) is 10.7 Å². The molecule has 4 aromatic rings. The van der Waals surface area contributed by atoms with E-state index in [-0.39, 0.29) is 5.91 Å². The van der Waals surface area contributed by atoms with E-state index in [2.05, 4.69) is 51.1 Å². The SMILES string of the molecule is Cc1ccc2nc(NC(=O)c3ccc(-c4ccccc4I)cc3)sc2c1. The van der Waals surface area contributed by atoms with E-state index in [0.717, 1.165) is 15.8 Å². The molecule has 4 rings (SSSR count). The van der Waals surface area contributed by atoms with Crippen molar-refractivity contribution in [3.63, 3.8) is 0 Å². The summed E-state index contributed by atoms with van der Waals surface area (Å²) in [5.41, 5.74) is 4.98. The molecular weight excluding hydrogens is 455 g/mol. The molecule has 0 bridgehead atoms. The molecule has 0 saturated carbocycles. The highest BCUT2D eigenvalue weighted by Crippen LogP contribution is 2.28. The highest BCUT2D eigenvalue weighted by molar-refractivity contribution is 14.1. The summed E-state index contributed by atoms with van der Waals surface area (Å²) in [6.45, 7) is 2.05. The van der Waals surface area contributed by atoms with Crippen molar-refractivity contribution >= 4 is 55.2 Å². The molecular formula is C21H15IN2OS. The lowest BCUT2D eigenvalue weighted by Crippen LogP contribution is -2.11. The largest absolute Gasteiger partial charge is 0.298 e. The lowest BCUT2D eigenvalue weighted by atomic mass is 10.0. The average Bonchev–Trinajstić information content (AvgIpc) is 3.03. The molecule has 0 radical (unpaired) electrons. The second-order valence-corrected chi connectivity index (χ2v) is 8.19. The first-order chi connectivity index (χ1) is 12.6. The van der Waals surface area contributed by atoms with E-state index in [1.54, 1.807) is 0 Å². The molecule has 3 nitrogen and oxygen atoms in total. The van der Waals surface area contributed by atoms with Gasteiger partial charge in [0.2, 0.25) is 0 Å². The Balaban J connectivity index is 1.55. The van der Waals surface area contributed by atoms with Gasteiger partial charge >= 0.3 is 0 Å². The van der Waals surface area contributed by atoms with Crippen molar-refractivity contribution in [1.29, 1.82) is 0 Å². The lowest BCUT2D eigenvalue weighted by Gasteiger charge is -2.06. The first-order valence-electron chi connectivity index (χ1n) is 8.14. The van der Waals surface area contributed by atoms with Crippen LogP contribution in [0.4, 0.5) is 5.13 Å². The number of carbonyl (C=O) groups excluding carboxylic acids is 1. The smallest absolute Gasteiger partial charge is 0.257 e. The fraction of sp³-hybridized carbons (Fsp3) is 0.0476. The molecule has 1 heterocycles. The van der Waals surface area contributed by atoms with Crippen LogP contribution in [0.1, 0.15) is 15.9 Å². The van der Waals surface area contributed by atoms with E-state index in [1.165, 1.54) is 26.0 Å². The van der Waals surface area contributed by atoms with Gasteiger partial charge in [0.25, 0.3) is 5.91 Å². The minimum Gasteiger partial charge on any atom is -0.298 e. The molecule has 1 N–H and O–H groups in total. The first kappa shape index (κ1) is 17.2. The van der Waals surface area contributed by atoms with Gasteiger partial charge in [0.15, 0.2) is 5.13 Å². The van der Waals surface area contributed by atoms with Crippen LogP contribution in [0.3, 0.4) is 0 Å². The third-order valence-corrected chi connectivity index (χ3v) is 5.97. The number of nitrogens with one attached hydrogen (secondary N) is 1. The zero-order valence-electron chi connectivity index (χ0n) is 14.0. The van der Waals surface area contributed by atoms with Crippen molar-refractivity contribution in [2.45, 2.75) is 6.92 Å². The maximum Gasteiger partial charge on any atom is 0.257 e. The number of halogens is 1. The van der Waals surface area contributed by atoms with Gasteiger partial charge in [-0.3, -0.25) is 10.1 Å².